The molecule has 6 heteroatoms. The highest BCUT2D eigenvalue weighted by Gasteiger charge is 2.24. The van der Waals surface area contributed by atoms with Gasteiger partial charge in [0.05, 0.1) is 5.56 Å². The maximum absolute atomic E-state index is 13.9. The number of benzene rings is 1. The van der Waals surface area contributed by atoms with Gasteiger partial charge in [-0.05, 0) is 30.5 Å². The van der Waals surface area contributed by atoms with Crippen LogP contribution >= 0.6 is 11.6 Å². The average Bonchev–Trinajstić information content (AvgIpc) is 2.74. The van der Waals surface area contributed by atoms with E-state index < -0.39 is 5.82 Å². The second kappa shape index (κ2) is 7.77. The zero-order valence-corrected chi connectivity index (χ0v) is 14.3. The van der Waals surface area contributed by atoms with Crippen LogP contribution in [0.5, 0.6) is 0 Å². The first-order valence-electron chi connectivity index (χ1n) is 7.90. The van der Waals surface area contributed by atoms with E-state index in [2.05, 4.69) is 0 Å². The number of hydrogen-bond acceptors (Lipinski definition) is 2. The molecule has 1 aromatic rings. The molecule has 2 amide bonds. The van der Waals surface area contributed by atoms with Gasteiger partial charge in [0.15, 0.2) is 0 Å². The third-order valence-corrected chi connectivity index (χ3v) is 4.11. The minimum absolute atomic E-state index is 0.0144. The molecule has 0 bridgehead atoms. The Hall–Kier alpha value is -1.62. The normalized spacial score (nSPS) is 15.7. The van der Waals surface area contributed by atoms with Crippen LogP contribution in [0.15, 0.2) is 18.2 Å². The van der Waals surface area contributed by atoms with Crippen LogP contribution in [0.25, 0.3) is 0 Å². The summed E-state index contributed by atoms with van der Waals surface area (Å²) in [6, 6.07) is 3.97. The van der Waals surface area contributed by atoms with Crippen LogP contribution in [-0.2, 0) is 4.79 Å². The molecule has 1 heterocycles. The maximum Gasteiger partial charge on any atom is 0.256 e. The molecule has 4 nitrogen and oxygen atoms in total. The molecule has 23 heavy (non-hydrogen) atoms. The van der Waals surface area contributed by atoms with E-state index in [1.807, 2.05) is 13.8 Å². The fourth-order valence-corrected chi connectivity index (χ4v) is 2.85. The number of hydrogen-bond donors (Lipinski definition) is 0. The molecule has 0 spiro atoms. The van der Waals surface area contributed by atoms with Gasteiger partial charge in [-0.25, -0.2) is 4.39 Å². The Bertz CT molecular complexity index is 592. The number of rotatable bonds is 3. The molecule has 0 aliphatic carbocycles. The van der Waals surface area contributed by atoms with Gasteiger partial charge in [-0.2, -0.15) is 0 Å². The molecular weight excluding hydrogens is 319 g/mol. The molecule has 0 unspecified atom stereocenters. The molecule has 1 aliphatic rings. The van der Waals surface area contributed by atoms with Crippen LogP contribution < -0.4 is 0 Å². The van der Waals surface area contributed by atoms with E-state index in [1.54, 1.807) is 9.80 Å². The van der Waals surface area contributed by atoms with Gasteiger partial charge in [-0.1, -0.05) is 25.4 Å². The van der Waals surface area contributed by atoms with E-state index in [-0.39, 0.29) is 17.4 Å². The lowest BCUT2D eigenvalue weighted by molar-refractivity contribution is -0.131. The van der Waals surface area contributed by atoms with E-state index in [0.717, 1.165) is 0 Å². The first-order valence-corrected chi connectivity index (χ1v) is 8.28. The number of carbonyl (C=O) groups is 2. The summed E-state index contributed by atoms with van der Waals surface area (Å²) in [4.78, 5) is 28.0. The lowest BCUT2D eigenvalue weighted by Crippen LogP contribution is -2.37. The van der Waals surface area contributed by atoms with Crippen LogP contribution in [0.4, 0.5) is 4.39 Å². The Morgan fingerprint density at radius 2 is 1.83 bits per heavy atom. The van der Waals surface area contributed by atoms with Gasteiger partial charge in [0.2, 0.25) is 5.91 Å². The summed E-state index contributed by atoms with van der Waals surface area (Å²) < 4.78 is 13.9. The van der Waals surface area contributed by atoms with Crippen molar-refractivity contribution in [2.24, 2.45) is 5.92 Å². The molecule has 2 rings (SSSR count). The second-order valence-corrected chi connectivity index (χ2v) is 6.69. The first kappa shape index (κ1) is 17.7. The van der Waals surface area contributed by atoms with Gasteiger partial charge in [-0.15, -0.1) is 0 Å². The quantitative estimate of drug-likeness (QED) is 0.847. The van der Waals surface area contributed by atoms with Crippen LogP contribution in [-0.4, -0.2) is 47.8 Å². The van der Waals surface area contributed by atoms with Gasteiger partial charge >= 0.3 is 0 Å². The summed E-state index contributed by atoms with van der Waals surface area (Å²) in [7, 11) is 0. The van der Waals surface area contributed by atoms with Crippen molar-refractivity contribution in [3.63, 3.8) is 0 Å². The Kier molecular flexibility index (Phi) is 5.99. The van der Waals surface area contributed by atoms with Crippen molar-refractivity contribution in [2.75, 3.05) is 26.2 Å². The van der Waals surface area contributed by atoms with Crippen molar-refractivity contribution in [3.05, 3.63) is 34.6 Å². The maximum atomic E-state index is 13.9. The van der Waals surface area contributed by atoms with E-state index in [0.29, 0.717) is 50.0 Å². The highest BCUT2D eigenvalue weighted by molar-refractivity contribution is 6.31. The third-order valence-electron chi connectivity index (χ3n) is 3.88. The molecule has 1 saturated heterocycles. The molecular formula is C17H22ClFN2O2. The van der Waals surface area contributed by atoms with Gasteiger partial charge < -0.3 is 9.80 Å². The number of carbonyl (C=O) groups excluding carboxylic acids is 2. The standard InChI is InChI=1S/C17H22ClFN2O2/c1-12(2)10-16(22)20-6-3-7-21(9-8-20)17(23)14-11-13(18)4-5-15(14)19/h4-5,11-12H,3,6-10H2,1-2H3. The Morgan fingerprint density at radius 1 is 1.17 bits per heavy atom. The van der Waals surface area contributed by atoms with Gasteiger partial charge in [0, 0.05) is 37.6 Å². The summed E-state index contributed by atoms with van der Waals surface area (Å²) in [5.74, 6) is -0.521. The van der Waals surface area contributed by atoms with Crippen LogP contribution in [0, 0.1) is 11.7 Å². The third kappa shape index (κ3) is 4.67. The van der Waals surface area contributed by atoms with Gasteiger partial charge in [0.1, 0.15) is 5.82 Å². The van der Waals surface area contributed by atoms with Crippen molar-refractivity contribution >= 4 is 23.4 Å². The molecule has 0 saturated carbocycles. The molecule has 1 aliphatic heterocycles. The minimum Gasteiger partial charge on any atom is -0.341 e. The lowest BCUT2D eigenvalue weighted by atomic mass is 10.1. The molecule has 1 fully saturated rings. The second-order valence-electron chi connectivity index (χ2n) is 6.25. The summed E-state index contributed by atoms with van der Waals surface area (Å²) in [5.41, 5.74) is -0.0144. The predicted molar refractivity (Wildman–Crippen MR) is 88.0 cm³/mol. The highest BCUT2D eigenvalue weighted by Crippen LogP contribution is 2.18. The summed E-state index contributed by atoms with van der Waals surface area (Å²) in [5, 5.41) is 0.332. The number of amides is 2. The van der Waals surface area contributed by atoms with Crippen molar-refractivity contribution in [2.45, 2.75) is 26.7 Å². The summed E-state index contributed by atoms with van der Waals surface area (Å²) in [6.45, 7) is 6.05. The van der Waals surface area contributed by atoms with Crippen molar-refractivity contribution in [1.29, 1.82) is 0 Å². The molecule has 0 atom stereocenters. The fourth-order valence-electron chi connectivity index (χ4n) is 2.68. The van der Waals surface area contributed by atoms with E-state index >= 15 is 0 Å². The average molecular weight is 341 g/mol. The number of nitrogens with zero attached hydrogens (tertiary/aromatic N) is 2. The Labute approximate surface area is 141 Å². The van der Waals surface area contributed by atoms with Gasteiger partial charge in [-0.3, -0.25) is 9.59 Å². The van der Waals surface area contributed by atoms with E-state index in [4.69, 9.17) is 11.6 Å². The smallest absolute Gasteiger partial charge is 0.256 e. The molecule has 0 N–H and O–H groups in total. The topological polar surface area (TPSA) is 40.6 Å². The van der Waals surface area contributed by atoms with Crippen LogP contribution in [0.2, 0.25) is 5.02 Å². The van der Waals surface area contributed by atoms with Crippen molar-refractivity contribution in [3.8, 4) is 0 Å². The SMILES string of the molecule is CC(C)CC(=O)N1CCCN(C(=O)c2cc(Cl)ccc2F)CC1. The highest BCUT2D eigenvalue weighted by atomic mass is 35.5. The Balaban J connectivity index is 2.04. The monoisotopic (exact) mass is 340 g/mol. The van der Waals surface area contributed by atoms with Crippen LogP contribution in [0.1, 0.15) is 37.0 Å². The van der Waals surface area contributed by atoms with Crippen molar-refractivity contribution in [1.82, 2.24) is 9.80 Å². The molecule has 126 valence electrons. The van der Waals surface area contributed by atoms with E-state index in [1.165, 1.54) is 18.2 Å². The van der Waals surface area contributed by atoms with Crippen LogP contribution in [0.3, 0.4) is 0 Å². The van der Waals surface area contributed by atoms with Crippen molar-refractivity contribution < 1.29 is 14.0 Å². The minimum atomic E-state index is -0.573. The Morgan fingerprint density at radius 3 is 2.52 bits per heavy atom. The zero-order chi connectivity index (χ0) is 17.0. The first-order chi connectivity index (χ1) is 10.9. The predicted octanol–water partition coefficient (Wildman–Crippen LogP) is 3.20. The molecule has 0 aromatic heterocycles. The fraction of sp³-hybridized carbons (Fsp3) is 0.529. The lowest BCUT2D eigenvalue weighted by Gasteiger charge is -2.23. The molecule has 1 aromatic carbocycles. The van der Waals surface area contributed by atoms with E-state index in [9.17, 15) is 14.0 Å². The van der Waals surface area contributed by atoms with Gasteiger partial charge in [0.25, 0.3) is 5.91 Å². The molecule has 0 radical (unpaired) electrons. The largest absolute Gasteiger partial charge is 0.341 e. The zero-order valence-electron chi connectivity index (χ0n) is 13.5. The summed E-state index contributed by atoms with van der Waals surface area (Å²) >= 11 is 5.85. The number of halogens is 2. The summed E-state index contributed by atoms with van der Waals surface area (Å²) in [6.07, 6.45) is 1.20.